The summed E-state index contributed by atoms with van der Waals surface area (Å²) in [6.07, 6.45) is 4.10. The molecule has 2 heterocycles. The number of primary amides is 1. The molecule has 222 valence electrons. The van der Waals surface area contributed by atoms with E-state index in [0.29, 0.717) is 28.4 Å². The van der Waals surface area contributed by atoms with Gasteiger partial charge in [-0.15, -0.1) is 35.0 Å². The molecule has 2 atom stereocenters. The van der Waals surface area contributed by atoms with Crippen LogP contribution in [0, 0.1) is 5.41 Å². The van der Waals surface area contributed by atoms with E-state index in [1.807, 2.05) is 11.6 Å². The topological polar surface area (TPSA) is 86.7 Å². The number of nitrogens with two attached hydrogens (primary N) is 1. The third kappa shape index (κ3) is 8.85. The lowest BCUT2D eigenvalue weighted by Crippen LogP contribution is -2.11. The highest BCUT2D eigenvalue weighted by Crippen LogP contribution is 2.64. The molecule has 1 saturated carbocycles. The molecule has 4 rings (SSSR count). The third-order valence-corrected chi connectivity index (χ3v) is 8.23. The van der Waals surface area contributed by atoms with Gasteiger partial charge in [-0.05, 0) is 66.8 Å². The van der Waals surface area contributed by atoms with Crippen molar-refractivity contribution in [1.29, 1.82) is 0 Å². The molecule has 2 aromatic heterocycles. The van der Waals surface area contributed by atoms with Crippen LogP contribution in [0.25, 0.3) is 11.5 Å². The Morgan fingerprint density at radius 3 is 2.25 bits per heavy atom. The number of carbonyl (C=O) groups is 1. The fraction of sp³-hybridized carbons (Fsp3) is 0.500. The maximum absolute atomic E-state index is 12.5. The number of unbranched alkanes of at least 4 members (excludes halogenated alkanes) is 1. The van der Waals surface area contributed by atoms with Gasteiger partial charge in [-0.1, -0.05) is 57.5 Å². The summed E-state index contributed by atoms with van der Waals surface area (Å²) < 4.78 is 39.3. The molecular weight excluding hydrogens is 582 g/mol. The first kappa shape index (κ1) is 35.7. The zero-order chi connectivity index (χ0) is 27.9. The number of pyridine rings is 1. The predicted molar refractivity (Wildman–Crippen MR) is 159 cm³/mol. The minimum Gasteiger partial charge on any atom is -0.366 e. The van der Waals surface area contributed by atoms with Gasteiger partial charge in [0.25, 0.3) is 0 Å². The Hall–Kier alpha value is -2.30. The summed E-state index contributed by atoms with van der Waals surface area (Å²) in [4.78, 5) is 15.2. The van der Waals surface area contributed by atoms with Crippen molar-refractivity contribution in [3.63, 3.8) is 0 Å². The Labute approximate surface area is 250 Å². The number of amides is 1. The van der Waals surface area contributed by atoms with Crippen molar-refractivity contribution in [2.24, 2.45) is 18.2 Å². The van der Waals surface area contributed by atoms with Crippen LogP contribution in [0.1, 0.15) is 86.7 Å². The highest BCUT2D eigenvalue weighted by molar-refractivity contribution is 7.99. The molecule has 0 saturated heterocycles. The van der Waals surface area contributed by atoms with Crippen LogP contribution in [-0.4, -0.2) is 31.4 Å². The molecule has 2 unspecified atom stereocenters. The van der Waals surface area contributed by atoms with Crippen molar-refractivity contribution in [2.75, 3.05) is 5.75 Å². The second-order valence-electron chi connectivity index (χ2n) is 9.71. The molecule has 1 aliphatic carbocycles. The number of carbonyl (C=O) groups excluding carboxylic acids is 1. The summed E-state index contributed by atoms with van der Waals surface area (Å²) in [5.74, 6) is 1.68. The molecule has 6 nitrogen and oxygen atoms in total. The van der Waals surface area contributed by atoms with Crippen LogP contribution in [0.3, 0.4) is 0 Å². The van der Waals surface area contributed by atoms with Gasteiger partial charge in [0, 0.05) is 19.0 Å². The quantitative estimate of drug-likeness (QED) is 0.183. The van der Waals surface area contributed by atoms with Gasteiger partial charge >= 0.3 is 6.18 Å². The van der Waals surface area contributed by atoms with Crippen molar-refractivity contribution < 1.29 is 18.0 Å². The van der Waals surface area contributed by atoms with Crippen molar-refractivity contribution in [1.82, 2.24) is 19.7 Å². The molecule has 1 aromatic carbocycles. The summed E-state index contributed by atoms with van der Waals surface area (Å²) in [5.41, 5.74) is 7.12. The first-order chi connectivity index (χ1) is 18.1. The number of benzene rings is 1. The second kappa shape index (κ2) is 15.6. The van der Waals surface area contributed by atoms with Crippen LogP contribution in [0.5, 0.6) is 0 Å². The average molecular weight is 621 g/mol. The fourth-order valence-corrected chi connectivity index (χ4v) is 5.70. The van der Waals surface area contributed by atoms with Gasteiger partial charge in [-0.25, -0.2) is 0 Å². The molecule has 12 heteroatoms. The van der Waals surface area contributed by atoms with E-state index in [0.717, 1.165) is 48.6 Å². The Bertz CT molecular complexity index is 1210. The lowest BCUT2D eigenvalue weighted by Gasteiger charge is -2.14. The largest absolute Gasteiger partial charge is 0.416 e. The Kier molecular flexibility index (Phi) is 14.0. The van der Waals surface area contributed by atoms with Crippen LogP contribution in [0.4, 0.5) is 13.2 Å². The first-order valence-corrected chi connectivity index (χ1v) is 14.0. The normalized spacial score (nSPS) is 17.6. The summed E-state index contributed by atoms with van der Waals surface area (Å²) in [6, 6.07) is 9.09. The Balaban J connectivity index is 0.000000383. The van der Waals surface area contributed by atoms with E-state index in [4.69, 9.17) is 5.73 Å². The highest BCUT2D eigenvalue weighted by atomic mass is 35.5. The van der Waals surface area contributed by atoms with Crippen molar-refractivity contribution in [3.05, 3.63) is 59.3 Å². The highest BCUT2D eigenvalue weighted by Gasteiger charge is 2.52. The monoisotopic (exact) mass is 619 g/mol. The summed E-state index contributed by atoms with van der Waals surface area (Å²) in [5, 5.41) is 9.19. The zero-order valence-electron chi connectivity index (χ0n) is 23.2. The summed E-state index contributed by atoms with van der Waals surface area (Å²) in [6.45, 7) is 6.51. The smallest absolute Gasteiger partial charge is 0.366 e. The first-order valence-electron chi connectivity index (χ1n) is 13.0. The van der Waals surface area contributed by atoms with Gasteiger partial charge in [0.05, 0.1) is 11.1 Å². The van der Waals surface area contributed by atoms with E-state index in [9.17, 15) is 18.0 Å². The molecule has 2 N–H and O–H groups in total. The molecule has 0 aliphatic heterocycles. The number of alkyl halides is 3. The number of hydrogen-bond donors (Lipinski definition) is 1. The van der Waals surface area contributed by atoms with Crippen molar-refractivity contribution >= 4 is 42.5 Å². The van der Waals surface area contributed by atoms with E-state index in [1.54, 1.807) is 36.0 Å². The van der Waals surface area contributed by atoms with E-state index >= 15 is 0 Å². The van der Waals surface area contributed by atoms with E-state index < -0.39 is 17.6 Å². The summed E-state index contributed by atoms with van der Waals surface area (Å²) in [7, 11) is 1.91. The zero-order valence-corrected chi connectivity index (χ0v) is 25.7. The van der Waals surface area contributed by atoms with Gasteiger partial charge in [0.15, 0.2) is 11.0 Å². The maximum Gasteiger partial charge on any atom is 0.416 e. The lowest BCUT2D eigenvalue weighted by molar-refractivity contribution is -0.137. The van der Waals surface area contributed by atoms with Crippen LogP contribution in [0.2, 0.25) is 0 Å². The molecule has 1 aliphatic rings. The fourth-order valence-electron chi connectivity index (χ4n) is 4.71. The molecular formula is C28H38Cl2F3N5OS. The van der Waals surface area contributed by atoms with E-state index in [1.165, 1.54) is 24.8 Å². The van der Waals surface area contributed by atoms with Crippen LogP contribution in [-0.2, 0) is 13.2 Å². The van der Waals surface area contributed by atoms with Gasteiger partial charge in [0.2, 0.25) is 5.91 Å². The van der Waals surface area contributed by atoms with Crippen LogP contribution >= 0.6 is 36.6 Å². The SMILES string of the molecule is CCCC1(CC)CC1c1ccc(C(F)(F)F)cc1.CCCCSc1nnc(-c2ccc(C(N)=O)cn2)n1C.Cl.Cl. The third-order valence-electron chi connectivity index (χ3n) is 7.12. The molecule has 0 spiro atoms. The number of thioether (sulfide) groups is 1. The van der Waals surface area contributed by atoms with Crippen molar-refractivity contribution in [2.45, 2.75) is 76.5 Å². The van der Waals surface area contributed by atoms with Crippen LogP contribution in [0.15, 0.2) is 47.8 Å². The van der Waals surface area contributed by atoms with Gasteiger partial charge in [-0.2, -0.15) is 13.2 Å². The Morgan fingerprint density at radius 1 is 1.07 bits per heavy atom. The van der Waals surface area contributed by atoms with Gasteiger partial charge < -0.3 is 10.3 Å². The predicted octanol–water partition coefficient (Wildman–Crippen LogP) is 8.10. The molecule has 40 heavy (non-hydrogen) atoms. The summed E-state index contributed by atoms with van der Waals surface area (Å²) >= 11 is 1.68. The Morgan fingerprint density at radius 2 is 1.75 bits per heavy atom. The van der Waals surface area contributed by atoms with E-state index in [-0.39, 0.29) is 24.8 Å². The number of hydrogen-bond acceptors (Lipinski definition) is 5. The van der Waals surface area contributed by atoms with Crippen LogP contribution < -0.4 is 5.73 Å². The standard InChI is InChI=1S/C15H19F3.C13H17N5OS.2ClH/c1-3-9-14(4-2)10-13(14)11-5-7-12(8-6-11)15(16,17)18;1-3-4-7-20-13-17-16-12(18(13)2)10-6-5-9(8-15-10)11(14)19;;/h5-8,13H,3-4,9-10H2,1-2H3;5-6,8H,3-4,7H2,1-2H3,(H2,14,19);2*1H. The molecule has 0 radical (unpaired) electrons. The lowest BCUT2D eigenvalue weighted by atomic mass is 9.91. The molecule has 1 fully saturated rings. The number of nitrogens with zero attached hydrogens (tertiary/aromatic N) is 4. The van der Waals surface area contributed by atoms with Gasteiger partial charge in [0.1, 0.15) is 5.69 Å². The van der Waals surface area contributed by atoms with E-state index in [2.05, 4.69) is 36.0 Å². The number of aromatic nitrogens is 4. The number of rotatable bonds is 10. The maximum atomic E-state index is 12.5. The minimum absolute atomic E-state index is 0. The molecule has 0 bridgehead atoms. The average Bonchev–Trinajstić information content (AvgIpc) is 3.51. The van der Waals surface area contributed by atoms with Gasteiger partial charge in [-0.3, -0.25) is 9.78 Å². The van der Waals surface area contributed by atoms with Crippen molar-refractivity contribution in [3.8, 4) is 11.5 Å². The molecule has 3 aromatic rings. The second-order valence-corrected chi connectivity index (χ2v) is 10.8. The molecule has 1 amide bonds. The number of halogens is 5. The minimum atomic E-state index is -4.23.